The van der Waals surface area contributed by atoms with E-state index in [-0.39, 0.29) is 17.9 Å². The lowest BCUT2D eigenvalue weighted by Gasteiger charge is -2.33. The molecule has 6 nitrogen and oxygen atoms in total. The van der Waals surface area contributed by atoms with Crippen molar-refractivity contribution in [3.8, 4) is 0 Å². The number of benzene rings is 1. The molecule has 0 bridgehead atoms. The molecule has 24 heavy (non-hydrogen) atoms. The molecule has 2 N–H and O–H groups in total. The van der Waals surface area contributed by atoms with Crippen LogP contribution in [0, 0.1) is 6.92 Å². The first kappa shape index (κ1) is 14.7. The highest BCUT2D eigenvalue weighted by molar-refractivity contribution is 6.08. The molecular formula is C18H18N4O2. The number of hydrogen-bond donors (Lipinski definition) is 2. The number of aromatic nitrogens is 1. The molecule has 3 heterocycles. The van der Waals surface area contributed by atoms with Crippen LogP contribution in [0.4, 0.5) is 17.1 Å². The molecule has 2 aliphatic rings. The summed E-state index contributed by atoms with van der Waals surface area (Å²) in [5.74, 6) is -0.191. The predicted molar refractivity (Wildman–Crippen MR) is 92.4 cm³/mol. The van der Waals surface area contributed by atoms with Crippen molar-refractivity contribution in [2.75, 3.05) is 22.1 Å². The zero-order valence-electron chi connectivity index (χ0n) is 13.4. The van der Waals surface area contributed by atoms with Gasteiger partial charge in [0.1, 0.15) is 6.04 Å². The number of amides is 2. The topological polar surface area (TPSA) is 74.3 Å². The standard InChI is InChI=1S/C18H18N4O2/c1-11-9-13(6-7-19-11)20-17(23)12-4-5-15-14(10-12)21-18(24)16-3-2-8-22(15)16/h4-7,9-10,16H,2-3,8H2,1H3,(H,21,24)(H,19,20,23). The van der Waals surface area contributed by atoms with Crippen molar-refractivity contribution in [2.24, 2.45) is 0 Å². The van der Waals surface area contributed by atoms with E-state index in [1.807, 2.05) is 19.1 Å². The molecular weight excluding hydrogens is 304 g/mol. The normalized spacial score (nSPS) is 18.6. The molecule has 4 rings (SSSR count). The minimum absolute atomic E-state index is 0.0160. The van der Waals surface area contributed by atoms with E-state index in [9.17, 15) is 9.59 Å². The third-order valence-corrected chi connectivity index (χ3v) is 4.54. The molecule has 1 saturated heterocycles. The number of carbonyl (C=O) groups is 2. The quantitative estimate of drug-likeness (QED) is 0.891. The zero-order valence-corrected chi connectivity index (χ0v) is 13.4. The van der Waals surface area contributed by atoms with Gasteiger partial charge >= 0.3 is 0 Å². The highest BCUT2D eigenvalue weighted by Gasteiger charge is 2.36. The lowest BCUT2D eigenvalue weighted by molar-refractivity contribution is -0.117. The largest absolute Gasteiger partial charge is 0.358 e. The summed E-state index contributed by atoms with van der Waals surface area (Å²) in [7, 11) is 0. The summed E-state index contributed by atoms with van der Waals surface area (Å²) in [4.78, 5) is 30.9. The van der Waals surface area contributed by atoms with Crippen molar-refractivity contribution in [3.05, 3.63) is 47.8 Å². The third kappa shape index (κ3) is 2.50. The van der Waals surface area contributed by atoms with E-state index < -0.39 is 0 Å². The summed E-state index contributed by atoms with van der Waals surface area (Å²) in [6.45, 7) is 2.75. The average Bonchev–Trinajstić information content (AvgIpc) is 3.05. The van der Waals surface area contributed by atoms with Gasteiger partial charge in [-0.1, -0.05) is 0 Å². The molecule has 1 fully saturated rings. The molecule has 2 aliphatic heterocycles. The van der Waals surface area contributed by atoms with Crippen LogP contribution in [-0.4, -0.2) is 29.4 Å². The van der Waals surface area contributed by atoms with Crippen LogP contribution in [0.1, 0.15) is 28.9 Å². The van der Waals surface area contributed by atoms with E-state index in [0.29, 0.717) is 16.9 Å². The molecule has 0 aliphatic carbocycles. The van der Waals surface area contributed by atoms with Gasteiger partial charge in [0.2, 0.25) is 5.91 Å². The number of anilines is 3. The van der Waals surface area contributed by atoms with Crippen molar-refractivity contribution in [3.63, 3.8) is 0 Å². The van der Waals surface area contributed by atoms with Crippen molar-refractivity contribution < 1.29 is 9.59 Å². The van der Waals surface area contributed by atoms with Crippen LogP contribution in [0.25, 0.3) is 0 Å². The van der Waals surface area contributed by atoms with E-state index in [1.165, 1.54) is 0 Å². The number of fused-ring (bicyclic) bond motifs is 3. The highest BCUT2D eigenvalue weighted by atomic mass is 16.2. The number of hydrogen-bond acceptors (Lipinski definition) is 4. The fourth-order valence-corrected chi connectivity index (χ4v) is 3.40. The molecule has 0 spiro atoms. The molecule has 1 unspecified atom stereocenters. The van der Waals surface area contributed by atoms with Gasteiger partial charge in [0.05, 0.1) is 11.4 Å². The molecule has 1 aromatic heterocycles. The van der Waals surface area contributed by atoms with Crippen molar-refractivity contribution in [1.29, 1.82) is 0 Å². The Morgan fingerprint density at radius 2 is 2.21 bits per heavy atom. The van der Waals surface area contributed by atoms with Crippen LogP contribution in [0.15, 0.2) is 36.5 Å². The summed E-state index contributed by atoms with van der Waals surface area (Å²) in [5.41, 5.74) is 3.76. The Balaban J connectivity index is 1.60. The number of nitrogens with zero attached hydrogens (tertiary/aromatic N) is 2. The molecule has 122 valence electrons. The van der Waals surface area contributed by atoms with Gasteiger partial charge in [0.25, 0.3) is 5.91 Å². The van der Waals surface area contributed by atoms with Gasteiger partial charge in [-0.15, -0.1) is 0 Å². The number of rotatable bonds is 2. The van der Waals surface area contributed by atoms with Gasteiger partial charge in [0, 0.05) is 29.7 Å². The summed E-state index contributed by atoms with van der Waals surface area (Å²) >= 11 is 0. The smallest absolute Gasteiger partial charge is 0.255 e. The summed E-state index contributed by atoms with van der Waals surface area (Å²) in [5, 5.41) is 5.79. The summed E-state index contributed by atoms with van der Waals surface area (Å²) < 4.78 is 0. The van der Waals surface area contributed by atoms with E-state index in [4.69, 9.17) is 0 Å². The maximum absolute atomic E-state index is 12.5. The fourth-order valence-electron chi connectivity index (χ4n) is 3.40. The number of carbonyl (C=O) groups excluding carboxylic acids is 2. The van der Waals surface area contributed by atoms with Gasteiger partial charge in [-0.3, -0.25) is 14.6 Å². The lowest BCUT2D eigenvalue weighted by Crippen LogP contribution is -2.43. The zero-order chi connectivity index (χ0) is 16.7. The maximum Gasteiger partial charge on any atom is 0.255 e. The van der Waals surface area contributed by atoms with Crippen LogP contribution >= 0.6 is 0 Å². The van der Waals surface area contributed by atoms with Crippen molar-refractivity contribution in [1.82, 2.24) is 4.98 Å². The van der Waals surface area contributed by atoms with Gasteiger partial charge < -0.3 is 15.5 Å². The first-order chi connectivity index (χ1) is 11.6. The molecule has 1 aromatic carbocycles. The minimum Gasteiger partial charge on any atom is -0.358 e. The first-order valence-electron chi connectivity index (χ1n) is 8.07. The van der Waals surface area contributed by atoms with Gasteiger partial charge in [-0.25, -0.2) is 0 Å². The van der Waals surface area contributed by atoms with Gasteiger partial charge in [-0.2, -0.15) is 0 Å². The highest BCUT2D eigenvalue weighted by Crippen LogP contribution is 2.37. The van der Waals surface area contributed by atoms with Crippen LogP contribution in [-0.2, 0) is 4.79 Å². The number of pyridine rings is 1. The van der Waals surface area contributed by atoms with Crippen molar-refractivity contribution >= 4 is 28.9 Å². The Morgan fingerprint density at radius 1 is 1.33 bits per heavy atom. The van der Waals surface area contributed by atoms with E-state index in [0.717, 1.165) is 30.8 Å². The SMILES string of the molecule is Cc1cc(NC(=O)c2ccc3c(c2)NC(=O)C2CCCN32)ccn1. The molecule has 0 radical (unpaired) electrons. The monoisotopic (exact) mass is 322 g/mol. The summed E-state index contributed by atoms with van der Waals surface area (Å²) in [6, 6.07) is 8.95. The Morgan fingerprint density at radius 3 is 3.04 bits per heavy atom. The lowest BCUT2D eigenvalue weighted by atomic mass is 10.1. The number of aryl methyl sites for hydroxylation is 1. The fraction of sp³-hybridized carbons (Fsp3) is 0.278. The third-order valence-electron chi connectivity index (χ3n) is 4.54. The second-order valence-electron chi connectivity index (χ2n) is 6.21. The minimum atomic E-state index is -0.207. The van der Waals surface area contributed by atoms with Crippen LogP contribution in [0.3, 0.4) is 0 Å². The second kappa shape index (κ2) is 5.63. The average molecular weight is 322 g/mol. The Labute approximate surface area is 139 Å². The molecule has 2 aromatic rings. The van der Waals surface area contributed by atoms with Gasteiger partial charge in [-0.05, 0) is 50.1 Å². The second-order valence-corrected chi connectivity index (χ2v) is 6.21. The van der Waals surface area contributed by atoms with E-state index >= 15 is 0 Å². The van der Waals surface area contributed by atoms with Gasteiger partial charge in [0.15, 0.2) is 0 Å². The van der Waals surface area contributed by atoms with Crippen LogP contribution in [0.2, 0.25) is 0 Å². The van der Waals surface area contributed by atoms with Crippen LogP contribution < -0.4 is 15.5 Å². The number of nitrogens with one attached hydrogen (secondary N) is 2. The molecule has 0 saturated carbocycles. The Kier molecular flexibility index (Phi) is 3.45. The maximum atomic E-state index is 12.5. The summed E-state index contributed by atoms with van der Waals surface area (Å²) in [6.07, 6.45) is 3.56. The van der Waals surface area contributed by atoms with Crippen molar-refractivity contribution in [2.45, 2.75) is 25.8 Å². The molecule has 1 atom stereocenters. The molecule has 6 heteroatoms. The Bertz CT molecular complexity index is 834. The first-order valence-corrected chi connectivity index (χ1v) is 8.07. The Hall–Kier alpha value is -2.89. The van der Waals surface area contributed by atoms with Crippen LogP contribution in [0.5, 0.6) is 0 Å². The predicted octanol–water partition coefficient (Wildman–Crippen LogP) is 2.56. The van der Waals surface area contributed by atoms with E-state index in [1.54, 1.807) is 24.4 Å². The van der Waals surface area contributed by atoms with E-state index in [2.05, 4.69) is 20.5 Å². The molecule has 2 amide bonds.